The summed E-state index contributed by atoms with van der Waals surface area (Å²) >= 11 is 0. The molecule has 0 aromatic carbocycles. The van der Waals surface area contributed by atoms with Gasteiger partial charge in [0.25, 0.3) is 0 Å². The van der Waals surface area contributed by atoms with Crippen molar-refractivity contribution < 1.29 is 4.79 Å². The predicted molar refractivity (Wildman–Crippen MR) is 83.1 cm³/mol. The van der Waals surface area contributed by atoms with E-state index >= 15 is 0 Å². The number of nitrogens with one attached hydrogen (secondary N) is 1. The van der Waals surface area contributed by atoms with Gasteiger partial charge in [0.1, 0.15) is 0 Å². The summed E-state index contributed by atoms with van der Waals surface area (Å²) in [6, 6.07) is 0.238. The van der Waals surface area contributed by atoms with Gasteiger partial charge < -0.3 is 11.1 Å². The zero-order valence-corrected chi connectivity index (χ0v) is 13.2. The Kier molecular flexibility index (Phi) is 12.1. The molecular formula is C16H34N2O. The lowest BCUT2D eigenvalue weighted by Gasteiger charge is -2.21. The predicted octanol–water partition coefficient (Wildman–Crippen LogP) is 3.62. The van der Waals surface area contributed by atoms with Crippen molar-refractivity contribution in [1.29, 1.82) is 0 Å². The number of hydrogen-bond acceptors (Lipinski definition) is 2. The van der Waals surface area contributed by atoms with E-state index in [-0.39, 0.29) is 11.9 Å². The number of nitrogens with two attached hydrogens (primary N) is 1. The Morgan fingerprint density at radius 1 is 1.05 bits per heavy atom. The van der Waals surface area contributed by atoms with Gasteiger partial charge in [0, 0.05) is 12.5 Å². The number of rotatable bonds is 12. The van der Waals surface area contributed by atoms with Crippen LogP contribution in [0.15, 0.2) is 0 Å². The van der Waals surface area contributed by atoms with Crippen molar-refractivity contribution in [3.63, 3.8) is 0 Å². The lowest BCUT2D eigenvalue weighted by Crippen LogP contribution is -2.39. The highest BCUT2D eigenvalue weighted by Crippen LogP contribution is 2.09. The minimum atomic E-state index is 0.195. The average Bonchev–Trinajstić information content (AvgIpc) is 2.37. The minimum absolute atomic E-state index is 0.195. The zero-order chi connectivity index (χ0) is 14.5. The molecule has 3 nitrogen and oxygen atoms in total. The third-order valence-electron chi connectivity index (χ3n) is 3.64. The number of hydrogen-bond donors (Lipinski definition) is 2. The number of unbranched alkanes of at least 4 members (excludes halogenated alkanes) is 6. The van der Waals surface area contributed by atoms with Crippen LogP contribution in [0.25, 0.3) is 0 Å². The monoisotopic (exact) mass is 270 g/mol. The van der Waals surface area contributed by atoms with Crippen LogP contribution in [0.2, 0.25) is 0 Å². The van der Waals surface area contributed by atoms with Crippen molar-refractivity contribution in [2.75, 3.05) is 6.54 Å². The van der Waals surface area contributed by atoms with Crippen molar-refractivity contribution in [2.24, 2.45) is 11.7 Å². The second-order valence-electron chi connectivity index (χ2n) is 5.87. The van der Waals surface area contributed by atoms with E-state index in [1.165, 1.54) is 38.5 Å². The largest absolute Gasteiger partial charge is 0.353 e. The Hall–Kier alpha value is -0.570. The maximum Gasteiger partial charge on any atom is 0.220 e. The molecule has 19 heavy (non-hydrogen) atoms. The fourth-order valence-corrected chi connectivity index (χ4v) is 2.27. The van der Waals surface area contributed by atoms with Crippen LogP contribution in [-0.4, -0.2) is 18.5 Å². The molecule has 0 aliphatic rings. The number of carbonyl (C=O) groups is 1. The van der Waals surface area contributed by atoms with Crippen LogP contribution < -0.4 is 11.1 Å². The molecular weight excluding hydrogens is 236 g/mol. The third kappa shape index (κ3) is 11.0. The molecule has 0 aromatic rings. The van der Waals surface area contributed by atoms with Gasteiger partial charge in [0.2, 0.25) is 5.91 Å². The quantitative estimate of drug-likeness (QED) is 0.532. The van der Waals surface area contributed by atoms with Crippen LogP contribution in [0.1, 0.15) is 78.6 Å². The number of carbonyl (C=O) groups excluding carboxylic acids is 1. The average molecular weight is 270 g/mol. The second kappa shape index (κ2) is 12.5. The van der Waals surface area contributed by atoms with Crippen molar-refractivity contribution in [3.8, 4) is 0 Å². The van der Waals surface area contributed by atoms with Crippen LogP contribution in [0, 0.1) is 5.92 Å². The highest BCUT2D eigenvalue weighted by molar-refractivity contribution is 5.76. The van der Waals surface area contributed by atoms with E-state index in [9.17, 15) is 4.79 Å². The Bertz CT molecular complexity index is 217. The first-order chi connectivity index (χ1) is 9.11. The van der Waals surface area contributed by atoms with Gasteiger partial charge in [0.05, 0.1) is 0 Å². The molecule has 1 atom stereocenters. The first kappa shape index (κ1) is 18.4. The molecule has 0 heterocycles. The molecule has 1 unspecified atom stereocenters. The van der Waals surface area contributed by atoms with E-state index in [2.05, 4.69) is 26.1 Å². The van der Waals surface area contributed by atoms with Gasteiger partial charge >= 0.3 is 0 Å². The zero-order valence-electron chi connectivity index (χ0n) is 13.2. The summed E-state index contributed by atoms with van der Waals surface area (Å²) in [7, 11) is 0. The standard InChI is InChI=1S/C16H34N2O/c1-4-5-6-7-8-9-10-11-16(19)18-15(12-13-17)14(2)3/h14-15H,4-13,17H2,1-3H3,(H,18,19). The van der Waals surface area contributed by atoms with Crippen molar-refractivity contribution in [1.82, 2.24) is 5.32 Å². The summed E-state index contributed by atoms with van der Waals surface area (Å²) in [5, 5.41) is 3.11. The van der Waals surface area contributed by atoms with Crippen molar-refractivity contribution in [2.45, 2.75) is 84.6 Å². The molecule has 114 valence electrons. The van der Waals surface area contributed by atoms with Gasteiger partial charge in [-0.2, -0.15) is 0 Å². The van der Waals surface area contributed by atoms with Crippen LogP contribution in [-0.2, 0) is 4.79 Å². The smallest absolute Gasteiger partial charge is 0.220 e. The van der Waals surface area contributed by atoms with Crippen molar-refractivity contribution in [3.05, 3.63) is 0 Å². The number of amides is 1. The maximum atomic E-state index is 11.8. The summed E-state index contributed by atoms with van der Waals surface area (Å²) in [5.41, 5.74) is 5.57. The van der Waals surface area contributed by atoms with E-state index in [4.69, 9.17) is 5.73 Å². The Labute approximate surface area is 119 Å². The third-order valence-corrected chi connectivity index (χ3v) is 3.64. The summed E-state index contributed by atoms with van der Waals surface area (Å²) in [5.74, 6) is 0.655. The molecule has 1 amide bonds. The highest BCUT2D eigenvalue weighted by atomic mass is 16.1. The molecule has 0 rings (SSSR count). The summed E-state index contributed by atoms with van der Waals surface area (Å²) < 4.78 is 0. The normalized spacial score (nSPS) is 12.7. The van der Waals surface area contributed by atoms with Gasteiger partial charge in [-0.05, 0) is 25.3 Å². The highest BCUT2D eigenvalue weighted by Gasteiger charge is 2.14. The Morgan fingerprint density at radius 3 is 2.16 bits per heavy atom. The topological polar surface area (TPSA) is 55.1 Å². The lowest BCUT2D eigenvalue weighted by molar-refractivity contribution is -0.122. The van der Waals surface area contributed by atoms with E-state index in [1.54, 1.807) is 0 Å². The van der Waals surface area contributed by atoms with E-state index in [0.717, 1.165) is 12.8 Å². The fourth-order valence-electron chi connectivity index (χ4n) is 2.27. The lowest BCUT2D eigenvalue weighted by atomic mass is 10.0. The molecule has 0 spiro atoms. The summed E-state index contributed by atoms with van der Waals surface area (Å²) in [6.07, 6.45) is 10.3. The molecule has 0 radical (unpaired) electrons. The van der Waals surface area contributed by atoms with Crippen molar-refractivity contribution >= 4 is 5.91 Å². The van der Waals surface area contributed by atoms with Gasteiger partial charge in [-0.25, -0.2) is 0 Å². The first-order valence-corrected chi connectivity index (χ1v) is 8.11. The molecule has 0 aliphatic carbocycles. The SMILES string of the molecule is CCCCCCCCCC(=O)NC(CCN)C(C)C. The molecule has 0 saturated carbocycles. The minimum Gasteiger partial charge on any atom is -0.353 e. The molecule has 3 heteroatoms. The van der Waals surface area contributed by atoms with Crippen LogP contribution in [0.5, 0.6) is 0 Å². The fraction of sp³-hybridized carbons (Fsp3) is 0.938. The summed E-state index contributed by atoms with van der Waals surface area (Å²) in [4.78, 5) is 11.8. The molecule has 0 saturated heterocycles. The van der Waals surface area contributed by atoms with Crippen LogP contribution >= 0.6 is 0 Å². The Morgan fingerprint density at radius 2 is 1.63 bits per heavy atom. The van der Waals surface area contributed by atoms with E-state index < -0.39 is 0 Å². The molecule has 0 aromatic heterocycles. The second-order valence-corrected chi connectivity index (χ2v) is 5.87. The van der Waals surface area contributed by atoms with Crippen LogP contribution in [0.3, 0.4) is 0 Å². The molecule has 0 bridgehead atoms. The van der Waals surface area contributed by atoms with Gasteiger partial charge in [0.15, 0.2) is 0 Å². The summed E-state index contributed by atoms with van der Waals surface area (Å²) in [6.45, 7) is 7.14. The molecule has 0 fully saturated rings. The van der Waals surface area contributed by atoms with Gasteiger partial charge in [-0.3, -0.25) is 4.79 Å². The van der Waals surface area contributed by atoms with E-state index in [1.807, 2.05) is 0 Å². The van der Waals surface area contributed by atoms with Crippen LogP contribution in [0.4, 0.5) is 0 Å². The molecule has 3 N–H and O–H groups in total. The van der Waals surface area contributed by atoms with Gasteiger partial charge in [-0.15, -0.1) is 0 Å². The van der Waals surface area contributed by atoms with E-state index in [0.29, 0.717) is 18.9 Å². The first-order valence-electron chi connectivity index (χ1n) is 8.11. The Balaban J connectivity index is 3.57. The maximum absolute atomic E-state index is 11.8. The van der Waals surface area contributed by atoms with Gasteiger partial charge in [-0.1, -0.05) is 59.3 Å². The molecule has 0 aliphatic heterocycles.